The van der Waals surface area contributed by atoms with Gasteiger partial charge in [0.15, 0.2) is 0 Å². The van der Waals surface area contributed by atoms with E-state index in [9.17, 15) is 0 Å². The first-order chi connectivity index (χ1) is 5.36. The van der Waals surface area contributed by atoms with Crippen molar-refractivity contribution in [2.75, 3.05) is 7.11 Å². The van der Waals surface area contributed by atoms with E-state index in [0.29, 0.717) is 5.75 Å². The third-order valence-electron chi connectivity index (χ3n) is 1.39. The fraction of sp³-hybridized carbons (Fsp3) is 0.250. The van der Waals surface area contributed by atoms with Crippen LogP contribution in [0.5, 0.6) is 5.75 Å². The van der Waals surface area contributed by atoms with E-state index in [1.807, 2.05) is 24.3 Å². The molecule has 0 saturated carbocycles. The lowest BCUT2D eigenvalue weighted by molar-refractivity contribution is 0.414. The molecule has 0 aliphatic carbocycles. The van der Waals surface area contributed by atoms with Crippen LogP contribution in [-0.4, -0.2) is 11.7 Å². The van der Waals surface area contributed by atoms with Gasteiger partial charge in [-0.25, -0.2) is 0 Å². The molecule has 0 amide bonds. The zero-order valence-corrected chi connectivity index (χ0v) is 7.10. The number of hydrogen-bond acceptors (Lipinski definition) is 3. The van der Waals surface area contributed by atoms with Crippen molar-refractivity contribution in [3.63, 3.8) is 0 Å². The van der Waals surface area contributed by atoms with Gasteiger partial charge >= 0.3 is 0 Å². The molecule has 0 unspecified atom stereocenters. The van der Waals surface area contributed by atoms with Crippen molar-refractivity contribution in [1.29, 1.82) is 0 Å². The van der Waals surface area contributed by atoms with Crippen LogP contribution in [0.1, 0.15) is 5.56 Å². The number of hydrogen-bond donors (Lipinski definition) is 1. The smallest absolute Gasteiger partial charge is 0.118 e. The Morgan fingerprint density at radius 2 is 2.00 bits per heavy atom. The SMILES string of the molecule is COc1ccc(CSO)cc1. The summed E-state index contributed by atoms with van der Waals surface area (Å²) in [6, 6.07) is 7.63. The van der Waals surface area contributed by atoms with Gasteiger partial charge in [0.2, 0.25) is 0 Å². The lowest BCUT2D eigenvalue weighted by atomic mass is 10.2. The molecule has 0 atom stereocenters. The normalized spacial score (nSPS) is 9.64. The van der Waals surface area contributed by atoms with Gasteiger partial charge in [0, 0.05) is 5.75 Å². The molecule has 1 rings (SSSR count). The molecule has 0 saturated heterocycles. The molecule has 0 radical (unpaired) electrons. The second-order valence-corrected chi connectivity index (χ2v) is 2.67. The zero-order valence-electron chi connectivity index (χ0n) is 6.28. The van der Waals surface area contributed by atoms with E-state index in [2.05, 4.69) is 0 Å². The van der Waals surface area contributed by atoms with Crippen molar-refractivity contribution < 1.29 is 9.29 Å². The minimum atomic E-state index is 0.629. The first kappa shape index (κ1) is 8.43. The molecule has 0 heterocycles. The van der Waals surface area contributed by atoms with Crippen LogP contribution in [0.15, 0.2) is 24.3 Å². The van der Waals surface area contributed by atoms with E-state index >= 15 is 0 Å². The molecule has 1 N–H and O–H groups in total. The monoisotopic (exact) mass is 170 g/mol. The predicted molar refractivity (Wildman–Crippen MR) is 46.9 cm³/mol. The Hall–Kier alpha value is -0.670. The van der Waals surface area contributed by atoms with Gasteiger partial charge in [-0.15, -0.1) is 0 Å². The third-order valence-corrected chi connectivity index (χ3v) is 1.85. The molecule has 1 aromatic carbocycles. The topological polar surface area (TPSA) is 29.5 Å². The number of methoxy groups -OCH3 is 1. The highest BCUT2D eigenvalue weighted by Crippen LogP contribution is 2.14. The van der Waals surface area contributed by atoms with Crippen LogP contribution in [0.2, 0.25) is 0 Å². The number of benzene rings is 1. The average Bonchev–Trinajstić information content (AvgIpc) is 2.07. The van der Waals surface area contributed by atoms with Crippen molar-refractivity contribution in [3.05, 3.63) is 29.8 Å². The molecule has 0 fully saturated rings. The zero-order chi connectivity index (χ0) is 8.10. The Bertz CT molecular complexity index is 208. The molecule has 0 aliphatic rings. The average molecular weight is 170 g/mol. The fourth-order valence-electron chi connectivity index (χ4n) is 0.796. The van der Waals surface area contributed by atoms with Crippen LogP contribution >= 0.6 is 12.0 Å². The Morgan fingerprint density at radius 1 is 1.36 bits per heavy atom. The highest BCUT2D eigenvalue weighted by atomic mass is 32.2. The van der Waals surface area contributed by atoms with E-state index in [-0.39, 0.29) is 0 Å². The Balaban J connectivity index is 2.66. The predicted octanol–water partition coefficient (Wildman–Crippen LogP) is 2.40. The molecular formula is C8H10O2S. The molecule has 0 aromatic heterocycles. The van der Waals surface area contributed by atoms with Crippen LogP contribution in [0.3, 0.4) is 0 Å². The van der Waals surface area contributed by atoms with Crippen LogP contribution in [0.25, 0.3) is 0 Å². The first-order valence-corrected chi connectivity index (χ1v) is 4.20. The molecule has 11 heavy (non-hydrogen) atoms. The molecule has 1 aromatic rings. The van der Waals surface area contributed by atoms with Crippen LogP contribution < -0.4 is 4.74 Å². The van der Waals surface area contributed by atoms with Gasteiger partial charge in [0.1, 0.15) is 5.75 Å². The molecule has 0 aliphatic heterocycles. The Labute approximate surface area is 70.4 Å². The van der Waals surface area contributed by atoms with Crippen molar-refractivity contribution >= 4 is 12.0 Å². The lowest BCUT2D eigenvalue weighted by Gasteiger charge is -2.00. The van der Waals surface area contributed by atoms with Crippen LogP contribution in [0, 0.1) is 0 Å². The second kappa shape index (κ2) is 4.26. The van der Waals surface area contributed by atoms with Gasteiger partial charge in [-0.05, 0) is 29.7 Å². The summed E-state index contributed by atoms with van der Waals surface area (Å²) >= 11 is 0.827. The maximum atomic E-state index is 8.53. The van der Waals surface area contributed by atoms with Gasteiger partial charge < -0.3 is 9.29 Å². The lowest BCUT2D eigenvalue weighted by Crippen LogP contribution is -1.83. The van der Waals surface area contributed by atoms with Crippen molar-refractivity contribution in [2.45, 2.75) is 5.75 Å². The summed E-state index contributed by atoms with van der Waals surface area (Å²) in [6.45, 7) is 0. The molecule has 2 nitrogen and oxygen atoms in total. The minimum Gasteiger partial charge on any atom is -0.497 e. The van der Waals surface area contributed by atoms with Gasteiger partial charge in [0.25, 0.3) is 0 Å². The maximum Gasteiger partial charge on any atom is 0.118 e. The van der Waals surface area contributed by atoms with E-state index in [1.54, 1.807) is 7.11 Å². The summed E-state index contributed by atoms with van der Waals surface area (Å²) < 4.78 is 13.5. The van der Waals surface area contributed by atoms with E-state index in [4.69, 9.17) is 9.29 Å². The molecule has 0 spiro atoms. The minimum absolute atomic E-state index is 0.629. The molecule has 0 bridgehead atoms. The number of ether oxygens (including phenoxy) is 1. The molecule has 3 heteroatoms. The second-order valence-electron chi connectivity index (χ2n) is 2.12. The summed E-state index contributed by atoms with van der Waals surface area (Å²) in [5.74, 6) is 1.47. The van der Waals surface area contributed by atoms with E-state index in [1.165, 1.54) is 0 Å². The highest BCUT2D eigenvalue weighted by Gasteiger charge is 1.92. The Kier molecular flexibility index (Phi) is 3.26. The maximum absolute atomic E-state index is 8.53. The Morgan fingerprint density at radius 3 is 2.45 bits per heavy atom. The van der Waals surface area contributed by atoms with Gasteiger partial charge in [-0.2, -0.15) is 0 Å². The third kappa shape index (κ3) is 2.44. The largest absolute Gasteiger partial charge is 0.497 e. The highest BCUT2D eigenvalue weighted by molar-refractivity contribution is 7.92. The number of rotatable bonds is 3. The summed E-state index contributed by atoms with van der Waals surface area (Å²) in [5, 5.41) is 0. The van der Waals surface area contributed by atoms with Crippen molar-refractivity contribution in [1.82, 2.24) is 0 Å². The first-order valence-electron chi connectivity index (χ1n) is 3.26. The summed E-state index contributed by atoms with van der Waals surface area (Å²) in [6.07, 6.45) is 0. The van der Waals surface area contributed by atoms with Crippen molar-refractivity contribution in [3.8, 4) is 5.75 Å². The van der Waals surface area contributed by atoms with Crippen LogP contribution in [-0.2, 0) is 5.75 Å². The molecule has 60 valence electrons. The van der Waals surface area contributed by atoms with Crippen molar-refractivity contribution in [2.24, 2.45) is 0 Å². The standard InChI is InChI=1S/C8H10O2S/c1-10-8-4-2-7(3-5-8)6-11-9/h2-5,9H,6H2,1H3. The van der Waals surface area contributed by atoms with Gasteiger partial charge in [0.05, 0.1) is 7.11 Å². The summed E-state index contributed by atoms with van der Waals surface area (Å²) in [4.78, 5) is 0. The quantitative estimate of drug-likeness (QED) is 0.706. The van der Waals surface area contributed by atoms with Gasteiger partial charge in [-0.3, -0.25) is 0 Å². The van der Waals surface area contributed by atoms with Crippen LogP contribution in [0.4, 0.5) is 0 Å². The summed E-state index contributed by atoms with van der Waals surface area (Å²) in [7, 11) is 1.63. The summed E-state index contributed by atoms with van der Waals surface area (Å²) in [5.41, 5.74) is 1.10. The van der Waals surface area contributed by atoms with E-state index < -0.39 is 0 Å². The molecular weight excluding hydrogens is 160 g/mol. The van der Waals surface area contributed by atoms with E-state index in [0.717, 1.165) is 23.4 Å². The fourth-order valence-corrected chi connectivity index (χ4v) is 1.14. The van der Waals surface area contributed by atoms with Gasteiger partial charge in [-0.1, -0.05) is 12.1 Å².